The number of ketones is 1. The van der Waals surface area contributed by atoms with Crippen molar-refractivity contribution in [1.29, 1.82) is 0 Å². The van der Waals surface area contributed by atoms with Crippen molar-refractivity contribution < 1.29 is 99.3 Å². The minimum Gasteiger partial charge on any atom is -0.870 e. The van der Waals surface area contributed by atoms with Gasteiger partial charge in [0.15, 0.2) is 5.78 Å². The average molecular weight is 1350 g/mol. The van der Waals surface area contributed by atoms with E-state index in [4.69, 9.17) is 32.3 Å². The SMILES string of the molecule is C=CC(=O)OCC.CC(=CC(=O)O)c1ccc(C)cc1.CC(=O)c1ccc(C)cc1.CCOC(=O)C=C(C)c1ccc(C)cc1.Cc1ccc(C(C)CC(=O)Cl)cc1.Cc1ccc(C(C)CC(=O)O)cc1.Cc1ccc(C(C)CC(N)=O)cc1.N.O=C(Cl)C(=O)Cl.[HH].[Na+].[OH-]. The van der Waals surface area contributed by atoms with E-state index in [-0.39, 0.29) is 95.7 Å². The Morgan fingerprint density at radius 2 is 0.742 bits per heavy atom. The summed E-state index contributed by atoms with van der Waals surface area (Å²) < 4.78 is 9.28. The third kappa shape index (κ3) is 48.7. The molecule has 3 atom stereocenters. The first-order valence-corrected chi connectivity index (χ1v) is 29.8. The van der Waals surface area contributed by atoms with Crippen LogP contribution in [0.25, 0.3) is 11.1 Å². The number of carboxylic acid groups (broad SMARTS) is 2. The molecule has 0 spiro atoms. The number of aliphatic carboxylic acids is 2. The Balaban J connectivity index is -0.000000237. The topological polar surface area (TPSA) is 304 Å². The first-order valence-electron chi connectivity index (χ1n) is 28.7. The maximum atomic E-state index is 11.2. The summed E-state index contributed by atoms with van der Waals surface area (Å²) in [6.07, 6.45) is 4.90. The maximum Gasteiger partial charge on any atom is 1.00 e. The summed E-state index contributed by atoms with van der Waals surface area (Å²) in [6, 6.07) is 47.8. The quantitative estimate of drug-likeness (QED) is 0.0155. The molecule has 20 heteroatoms. The zero-order valence-corrected chi connectivity index (χ0v) is 60.6. The number of amides is 1. The van der Waals surface area contributed by atoms with Gasteiger partial charge >= 0.3 is 63.9 Å². The Labute approximate surface area is 588 Å². The molecule has 0 radical (unpaired) electrons. The second-order valence-corrected chi connectivity index (χ2v) is 21.8. The van der Waals surface area contributed by atoms with Crippen molar-refractivity contribution in [1.82, 2.24) is 6.15 Å². The normalized spacial score (nSPS) is 10.7. The summed E-state index contributed by atoms with van der Waals surface area (Å²) >= 11 is 14.3. The molecule has 0 aromatic heterocycles. The number of Topliss-reactive ketones (excluding diaryl/α,β-unsaturated/α-hetero) is 1. The van der Waals surface area contributed by atoms with Gasteiger partial charge in [-0.1, -0.05) is 206 Å². The molecule has 8 N–H and O–H groups in total. The van der Waals surface area contributed by atoms with Crippen LogP contribution in [0, 0.1) is 41.5 Å². The van der Waals surface area contributed by atoms with Gasteiger partial charge in [0.05, 0.1) is 19.6 Å². The summed E-state index contributed by atoms with van der Waals surface area (Å²) in [7, 11) is 0. The van der Waals surface area contributed by atoms with Gasteiger partial charge in [-0.25, -0.2) is 14.4 Å². The van der Waals surface area contributed by atoms with Crippen molar-refractivity contribution >= 4 is 97.2 Å². The van der Waals surface area contributed by atoms with Crippen molar-refractivity contribution in [2.24, 2.45) is 5.73 Å². The molecule has 0 saturated carbocycles. The molecule has 16 nitrogen and oxygen atoms in total. The molecule has 6 aromatic carbocycles. The van der Waals surface area contributed by atoms with Crippen LogP contribution in [0.5, 0.6) is 0 Å². The molecule has 6 aromatic rings. The largest absolute Gasteiger partial charge is 1.00 e. The predicted octanol–water partition coefficient (Wildman–Crippen LogP) is 13.9. The molecule has 0 aliphatic heterocycles. The summed E-state index contributed by atoms with van der Waals surface area (Å²) in [5, 5.41) is 14.6. The average Bonchev–Trinajstić information content (AvgIpc) is 1.26. The van der Waals surface area contributed by atoms with Gasteiger partial charge in [-0.2, -0.15) is 0 Å². The number of aryl methyl sites for hydroxylation is 6. The van der Waals surface area contributed by atoms with Gasteiger partial charge in [-0.3, -0.25) is 28.8 Å². The van der Waals surface area contributed by atoms with Crippen molar-refractivity contribution in [3.63, 3.8) is 0 Å². The van der Waals surface area contributed by atoms with Gasteiger partial charge in [0.2, 0.25) is 11.1 Å². The number of hydrogen-bond acceptors (Lipinski definition) is 13. The molecule has 0 heterocycles. The molecule has 0 saturated heterocycles. The van der Waals surface area contributed by atoms with E-state index < -0.39 is 22.4 Å². The Morgan fingerprint density at radius 3 is 0.978 bits per heavy atom. The molecule has 6 rings (SSSR count). The van der Waals surface area contributed by atoms with E-state index in [9.17, 15) is 43.2 Å². The Morgan fingerprint density at radius 1 is 0.473 bits per heavy atom. The van der Waals surface area contributed by atoms with Crippen LogP contribution in [0.2, 0.25) is 0 Å². The van der Waals surface area contributed by atoms with Gasteiger partial charge in [-0.15, -0.1) is 0 Å². The van der Waals surface area contributed by atoms with Crippen LogP contribution in [0.15, 0.2) is 170 Å². The van der Waals surface area contributed by atoms with E-state index in [0.717, 1.165) is 39.5 Å². The maximum absolute atomic E-state index is 11.2. The second-order valence-electron chi connectivity index (χ2n) is 20.7. The van der Waals surface area contributed by atoms with E-state index in [0.29, 0.717) is 26.1 Å². The number of carboxylic acids is 2. The van der Waals surface area contributed by atoms with Crippen LogP contribution in [0.1, 0.15) is 165 Å². The van der Waals surface area contributed by atoms with Crippen molar-refractivity contribution in [3.8, 4) is 0 Å². The summed E-state index contributed by atoms with van der Waals surface area (Å²) in [6.45, 7) is 30.9. The van der Waals surface area contributed by atoms with Crippen LogP contribution in [0.4, 0.5) is 0 Å². The number of allylic oxidation sites excluding steroid dienone is 2. The zero-order chi connectivity index (χ0) is 69.1. The minimum absolute atomic E-state index is 0. The number of hydrogen-bond donors (Lipinski definition) is 4. The van der Waals surface area contributed by atoms with E-state index in [2.05, 4.69) is 34.5 Å². The summed E-state index contributed by atoms with van der Waals surface area (Å²) in [4.78, 5) is 93.0. The van der Waals surface area contributed by atoms with Gasteiger partial charge < -0.3 is 37.0 Å². The Kier molecular flexibility index (Phi) is 54.4. The predicted molar refractivity (Wildman–Crippen MR) is 373 cm³/mol. The fourth-order valence-electron chi connectivity index (χ4n) is 7.18. The molecular formula is C73H94Cl3N2NaO14. The van der Waals surface area contributed by atoms with Gasteiger partial charge in [0.25, 0.3) is 0 Å². The molecule has 502 valence electrons. The van der Waals surface area contributed by atoms with Crippen molar-refractivity contribution in [2.75, 3.05) is 13.2 Å². The second kappa shape index (κ2) is 53.8. The molecule has 93 heavy (non-hydrogen) atoms. The molecule has 3 unspecified atom stereocenters. The van der Waals surface area contributed by atoms with E-state index in [1.54, 1.807) is 27.7 Å². The Hall–Kier alpha value is -7.64. The van der Waals surface area contributed by atoms with E-state index in [1.165, 1.54) is 56.7 Å². The third-order valence-electron chi connectivity index (χ3n) is 12.4. The first kappa shape index (κ1) is 94.1. The number of carbonyl (C=O) groups excluding carboxylic acids is 7. The van der Waals surface area contributed by atoms with Crippen LogP contribution < -0.4 is 41.4 Å². The molecule has 0 aliphatic carbocycles. The Bertz CT molecular complexity index is 3110. The first-order chi connectivity index (χ1) is 42.1. The van der Waals surface area contributed by atoms with Crippen LogP contribution in [0.3, 0.4) is 0 Å². The van der Waals surface area contributed by atoms with Gasteiger partial charge in [0, 0.05) is 38.1 Å². The number of rotatable bonds is 18. The number of nitrogens with two attached hydrogens (primary N) is 1. The fraction of sp³-hybridized carbons (Fsp3) is 0.301. The summed E-state index contributed by atoms with van der Waals surface area (Å²) in [5.41, 5.74) is 20.3. The van der Waals surface area contributed by atoms with E-state index >= 15 is 0 Å². The summed E-state index contributed by atoms with van der Waals surface area (Å²) in [5.74, 6) is -1.88. The number of primary amides is 1. The number of benzene rings is 6. The molecule has 1 amide bonds. The fourth-order valence-corrected chi connectivity index (χ4v) is 7.41. The smallest absolute Gasteiger partial charge is 0.870 e. The molecule has 0 bridgehead atoms. The molecular weight excluding hydrogens is 1260 g/mol. The monoisotopic (exact) mass is 1350 g/mol. The number of halogens is 3. The molecule has 0 fully saturated rings. The van der Waals surface area contributed by atoms with Crippen LogP contribution >= 0.6 is 34.8 Å². The number of ether oxygens (including phenoxy) is 2. The number of carbonyl (C=O) groups is 9. The standard InChI is InChI=1S/C13H16O2.C11H13ClO.C11H15NO.C11H14O2.C11H12O2.C9H10O.C5H8O2.C2Cl2O2.H3N.Na.H2O.H2/c1-4-15-13(14)9-11(3)12-7-5-10(2)6-8-12;4*1-8-3-5-10(6-4-8)9(2)7-11(12)13;1-7-3-5-9(6-4-7)8(2)10;1-3-5(6)7-4-2;3-1(5)2(4)6;;;;/h5-9H,4H2,1-3H3;3-6,9H,7H2,1-2H3;3-6,9H,7H2,1-2H3,(H2,12,13);3-6,9H,7H2,1-2H3,(H,12,13);3-7H,1-2H3,(H,12,13);3-6H,1-2H3;3H,1,4H2,2H3;;1H3;;1H2;1H/q;;;;;;;;;+1;;/p-1. The molecule has 0 aliphatic rings. The van der Waals surface area contributed by atoms with E-state index in [1.807, 2.05) is 215 Å². The van der Waals surface area contributed by atoms with Crippen molar-refractivity contribution in [2.45, 2.75) is 134 Å². The van der Waals surface area contributed by atoms with Crippen LogP contribution in [-0.4, -0.2) is 80.2 Å². The van der Waals surface area contributed by atoms with Crippen molar-refractivity contribution in [3.05, 3.63) is 237 Å². The number of esters is 2. The van der Waals surface area contributed by atoms with Crippen LogP contribution in [-0.2, 0) is 47.8 Å². The minimum atomic E-state index is -1.14. The van der Waals surface area contributed by atoms with Gasteiger partial charge in [0.1, 0.15) is 0 Å². The van der Waals surface area contributed by atoms with Gasteiger partial charge in [-0.05, 0) is 168 Å². The zero-order valence-electron chi connectivity index (χ0n) is 56.3. The third-order valence-corrected chi connectivity index (χ3v) is 13.0.